The van der Waals surface area contributed by atoms with Gasteiger partial charge in [-0.3, -0.25) is 0 Å². The summed E-state index contributed by atoms with van der Waals surface area (Å²) in [7, 11) is 1.79. The number of ether oxygens (including phenoxy) is 1. The minimum atomic E-state index is 0.722. The molecule has 0 bridgehead atoms. The van der Waals surface area contributed by atoms with Gasteiger partial charge in [0.2, 0.25) is 0 Å². The number of aliphatic imine (C=N–C) groups is 1. The molecule has 1 unspecified atom stereocenters. The second-order valence-electron chi connectivity index (χ2n) is 3.79. The van der Waals surface area contributed by atoms with Gasteiger partial charge < -0.3 is 9.73 Å². The minimum absolute atomic E-state index is 0.722. The van der Waals surface area contributed by atoms with E-state index in [2.05, 4.69) is 30.1 Å². The third kappa shape index (κ3) is 4.82. The number of allylic oxidation sites excluding steroid dienone is 3. The normalized spacial score (nSPS) is 21.5. The second kappa shape index (κ2) is 7.27. The van der Waals surface area contributed by atoms with Crippen molar-refractivity contribution >= 4 is 6.21 Å². The lowest BCUT2D eigenvalue weighted by atomic mass is 10.0. The first-order chi connectivity index (χ1) is 7.36. The molecule has 0 saturated carbocycles. The SMILES string of the molecule is CCC1C=CC(OCC/C=N/C)=CCC1. The van der Waals surface area contributed by atoms with E-state index in [9.17, 15) is 0 Å². The molecule has 0 saturated heterocycles. The molecule has 1 aliphatic carbocycles. The minimum Gasteiger partial charge on any atom is -0.494 e. The van der Waals surface area contributed by atoms with Crippen LogP contribution in [0.15, 0.2) is 29.0 Å². The van der Waals surface area contributed by atoms with E-state index in [1.165, 1.54) is 12.8 Å². The van der Waals surface area contributed by atoms with Crippen molar-refractivity contribution in [1.29, 1.82) is 0 Å². The van der Waals surface area contributed by atoms with E-state index in [1.807, 2.05) is 6.21 Å². The van der Waals surface area contributed by atoms with Crippen LogP contribution in [-0.4, -0.2) is 19.9 Å². The lowest BCUT2D eigenvalue weighted by molar-refractivity contribution is 0.233. The first-order valence-corrected chi connectivity index (χ1v) is 5.78. The van der Waals surface area contributed by atoms with E-state index in [-0.39, 0.29) is 0 Å². The maximum absolute atomic E-state index is 5.64. The van der Waals surface area contributed by atoms with Crippen LogP contribution >= 0.6 is 0 Å². The molecule has 0 radical (unpaired) electrons. The van der Waals surface area contributed by atoms with Gasteiger partial charge in [0, 0.05) is 19.7 Å². The Bertz CT molecular complexity index is 253. The van der Waals surface area contributed by atoms with Crippen LogP contribution in [0.4, 0.5) is 0 Å². The summed E-state index contributed by atoms with van der Waals surface area (Å²) in [6.07, 6.45) is 12.9. The standard InChI is InChI=1S/C13H21NO/c1-3-12-6-4-7-13(9-8-12)15-11-5-10-14-2/h7-10,12H,3-6,11H2,1-2H3/b14-10+. The van der Waals surface area contributed by atoms with Gasteiger partial charge in [-0.05, 0) is 37.3 Å². The highest BCUT2D eigenvalue weighted by Crippen LogP contribution is 2.19. The highest BCUT2D eigenvalue weighted by atomic mass is 16.5. The Hall–Kier alpha value is -1.05. The maximum atomic E-state index is 5.64. The van der Waals surface area contributed by atoms with Crippen LogP contribution in [0.5, 0.6) is 0 Å². The molecule has 0 N–H and O–H groups in total. The van der Waals surface area contributed by atoms with Gasteiger partial charge in [-0.15, -0.1) is 0 Å². The summed E-state index contributed by atoms with van der Waals surface area (Å²) in [5.41, 5.74) is 0. The Labute approximate surface area is 92.7 Å². The molecule has 0 fully saturated rings. The van der Waals surface area contributed by atoms with Crippen LogP contribution in [0.3, 0.4) is 0 Å². The molecular weight excluding hydrogens is 186 g/mol. The van der Waals surface area contributed by atoms with Crippen molar-refractivity contribution in [2.75, 3.05) is 13.7 Å². The van der Waals surface area contributed by atoms with Crippen molar-refractivity contribution < 1.29 is 4.74 Å². The maximum Gasteiger partial charge on any atom is 0.115 e. The van der Waals surface area contributed by atoms with Crippen molar-refractivity contribution in [3.05, 3.63) is 24.0 Å². The summed E-state index contributed by atoms with van der Waals surface area (Å²) in [4.78, 5) is 3.92. The van der Waals surface area contributed by atoms with Crippen molar-refractivity contribution in [2.24, 2.45) is 10.9 Å². The molecule has 1 aliphatic rings. The van der Waals surface area contributed by atoms with E-state index in [0.29, 0.717) is 0 Å². The third-order valence-electron chi connectivity index (χ3n) is 2.64. The Morgan fingerprint density at radius 1 is 1.60 bits per heavy atom. The third-order valence-corrected chi connectivity index (χ3v) is 2.64. The fourth-order valence-corrected chi connectivity index (χ4v) is 1.64. The van der Waals surface area contributed by atoms with Gasteiger partial charge in [0.1, 0.15) is 5.76 Å². The van der Waals surface area contributed by atoms with Crippen molar-refractivity contribution in [3.8, 4) is 0 Å². The van der Waals surface area contributed by atoms with E-state index in [0.717, 1.165) is 31.1 Å². The zero-order valence-electron chi connectivity index (χ0n) is 9.78. The van der Waals surface area contributed by atoms with Gasteiger partial charge in [-0.25, -0.2) is 0 Å². The van der Waals surface area contributed by atoms with Crippen LogP contribution < -0.4 is 0 Å². The predicted molar refractivity (Wildman–Crippen MR) is 65.2 cm³/mol. The molecule has 1 atom stereocenters. The van der Waals surface area contributed by atoms with Crippen LogP contribution in [0.1, 0.15) is 32.6 Å². The number of rotatable bonds is 5. The van der Waals surface area contributed by atoms with E-state index in [4.69, 9.17) is 4.74 Å². The highest BCUT2D eigenvalue weighted by Gasteiger charge is 2.05. The highest BCUT2D eigenvalue weighted by molar-refractivity contribution is 5.56. The monoisotopic (exact) mass is 207 g/mol. The zero-order valence-corrected chi connectivity index (χ0v) is 9.78. The van der Waals surface area contributed by atoms with Gasteiger partial charge in [0.25, 0.3) is 0 Å². The summed E-state index contributed by atoms with van der Waals surface area (Å²) in [6.45, 7) is 2.96. The molecule has 2 nitrogen and oxygen atoms in total. The fourth-order valence-electron chi connectivity index (χ4n) is 1.64. The smallest absolute Gasteiger partial charge is 0.115 e. The quantitative estimate of drug-likeness (QED) is 0.500. The first-order valence-electron chi connectivity index (χ1n) is 5.78. The molecule has 0 aromatic rings. The average molecular weight is 207 g/mol. The number of hydrogen-bond acceptors (Lipinski definition) is 2. The summed E-state index contributed by atoms with van der Waals surface area (Å²) < 4.78 is 5.64. The molecule has 2 heteroatoms. The molecule has 15 heavy (non-hydrogen) atoms. The lowest BCUT2D eigenvalue weighted by Crippen LogP contribution is -1.93. The molecule has 84 valence electrons. The van der Waals surface area contributed by atoms with Crippen LogP contribution in [0.2, 0.25) is 0 Å². The first kappa shape index (κ1) is 12.0. The molecular formula is C13H21NO. The van der Waals surface area contributed by atoms with Crippen molar-refractivity contribution in [3.63, 3.8) is 0 Å². The molecule has 0 aromatic carbocycles. The summed E-state index contributed by atoms with van der Waals surface area (Å²) in [5.74, 6) is 1.75. The van der Waals surface area contributed by atoms with Crippen LogP contribution in [0, 0.1) is 5.92 Å². The molecule has 0 aromatic heterocycles. The molecule has 0 amide bonds. The fraction of sp³-hybridized carbons (Fsp3) is 0.615. The lowest BCUT2D eigenvalue weighted by Gasteiger charge is -2.04. The van der Waals surface area contributed by atoms with Gasteiger partial charge in [-0.2, -0.15) is 0 Å². The van der Waals surface area contributed by atoms with E-state index >= 15 is 0 Å². The summed E-state index contributed by atoms with van der Waals surface area (Å²) in [5, 5.41) is 0. The Kier molecular flexibility index (Phi) is 5.83. The Morgan fingerprint density at radius 2 is 2.47 bits per heavy atom. The van der Waals surface area contributed by atoms with E-state index < -0.39 is 0 Å². The van der Waals surface area contributed by atoms with Gasteiger partial charge >= 0.3 is 0 Å². The second-order valence-corrected chi connectivity index (χ2v) is 3.79. The molecule has 0 heterocycles. The molecule has 1 rings (SSSR count). The largest absolute Gasteiger partial charge is 0.494 e. The topological polar surface area (TPSA) is 21.6 Å². The zero-order chi connectivity index (χ0) is 10.9. The van der Waals surface area contributed by atoms with Crippen LogP contribution in [-0.2, 0) is 4.74 Å². The van der Waals surface area contributed by atoms with Gasteiger partial charge in [-0.1, -0.05) is 13.0 Å². The summed E-state index contributed by atoms with van der Waals surface area (Å²) >= 11 is 0. The number of nitrogens with zero attached hydrogens (tertiary/aromatic N) is 1. The Balaban J connectivity index is 2.31. The van der Waals surface area contributed by atoms with Crippen LogP contribution in [0.25, 0.3) is 0 Å². The molecule has 0 aliphatic heterocycles. The Morgan fingerprint density at radius 3 is 3.20 bits per heavy atom. The van der Waals surface area contributed by atoms with Crippen molar-refractivity contribution in [1.82, 2.24) is 0 Å². The average Bonchev–Trinajstić information content (AvgIpc) is 2.49. The summed E-state index contributed by atoms with van der Waals surface area (Å²) in [6, 6.07) is 0. The van der Waals surface area contributed by atoms with E-state index in [1.54, 1.807) is 7.05 Å². The van der Waals surface area contributed by atoms with Gasteiger partial charge in [0.15, 0.2) is 0 Å². The predicted octanol–water partition coefficient (Wildman–Crippen LogP) is 3.35. The number of hydrogen-bond donors (Lipinski definition) is 0. The van der Waals surface area contributed by atoms with Crippen molar-refractivity contribution in [2.45, 2.75) is 32.6 Å². The van der Waals surface area contributed by atoms with Gasteiger partial charge in [0.05, 0.1) is 6.61 Å². The molecule has 0 spiro atoms.